The molecule has 1 nitrogen and oxygen atoms in total. The summed E-state index contributed by atoms with van der Waals surface area (Å²) in [4.78, 5) is 4.64. The summed E-state index contributed by atoms with van der Waals surface area (Å²) in [7, 11) is 0. The van der Waals surface area contributed by atoms with Gasteiger partial charge in [-0.05, 0) is 30.9 Å². The maximum absolute atomic E-state index is 6.26. The summed E-state index contributed by atoms with van der Waals surface area (Å²) in [6.07, 6.45) is 0. The SMILES string of the molecule is Cc1nc2c(ccc3cccc(C(C)Cl)c32)s1. The van der Waals surface area contributed by atoms with Crippen LogP contribution in [0.2, 0.25) is 0 Å². The van der Waals surface area contributed by atoms with Crippen LogP contribution in [0.3, 0.4) is 0 Å². The Morgan fingerprint density at radius 2 is 2.06 bits per heavy atom. The van der Waals surface area contributed by atoms with Crippen LogP contribution in [-0.4, -0.2) is 4.98 Å². The first-order valence-corrected chi connectivity index (χ1v) is 6.85. The quantitative estimate of drug-likeness (QED) is 0.558. The Kier molecular flexibility index (Phi) is 2.57. The van der Waals surface area contributed by atoms with Crippen molar-refractivity contribution in [2.24, 2.45) is 0 Å². The van der Waals surface area contributed by atoms with Gasteiger partial charge in [-0.15, -0.1) is 22.9 Å². The van der Waals surface area contributed by atoms with Gasteiger partial charge >= 0.3 is 0 Å². The van der Waals surface area contributed by atoms with Crippen molar-refractivity contribution in [1.29, 1.82) is 0 Å². The molecular weight excluding hydrogens is 250 g/mol. The van der Waals surface area contributed by atoms with Crippen LogP contribution in [0.4, 0.5) is 0 Å². The normalized spacial score (nSPS) is 13.4. The van der Waals surface area contributed by atoms with Gasteiger partial charge in [-0.2, -0.15) is 0 Å². The molecular formula is C14H12ClNS. The van der Waals surface area contributed by atoms with Crippen molar-refractivity contribution >= 4 is 43.9 Å². The highest BCUT2D eigenvalue weighted by atomic mass is 35.5. The molecule has 2 aromatic carbocycles. The zero-order valence-electron chi connectivity index (χ0n) is 9.70. The zero-order chi connectivity index (χ0) is 12.0. The number of aromatic nitrogens is 1. The Hall–Kier alpha value is -1.12. The smallest absolute Gasteiger partial charge is 0.0908 e. The van der Waals surface area contributed by atoms with Gasteiger partial charge < -0.3 is 0 Å². The number of hydrogen-bond donors (Lipinski definition) is 0. The van der Waals surface area contributed by atoms with Crippen LogP contribution in [0, 0.1) is 6.92 Å². The topological polar surface area (TPSA) is 12.9 Å². The van der Waals surface area contributed by atoms with E-state index in [1.807, 2.05) is 13.8 Å². The maximum Gasteiger partial charge on any atom is 0.0908 e. The van der Waals surface area contributed by atoms with Crippen molar-refractivity contribution < 1.29 is 0 Å². The van der Waals surface area contributed by atoms with Crippen molar-refractivity contribution in [3.8, 4) is 0 Å². The Labute approximate surface area is 109 Å². The minimum atomic E-state index is 0.00584. The number of aryl methyl sites for hydroxylation is 1. The first-order valence-electron chi connectivity index (χ1n) is 5.59. The van der Waals surface area contributed by atoms with Crippen LogP contribution in [0.1, 0.15) is 22.9 Å². The molecule has 0 amide bonds. The number of hydrogen-bond acceptors (Lipinski definition) is 2. The lowest BCUT2D eigenvalue weighted by Gasteiger charge is -2.08. The molecule has 17 heavy (non-hydrogen) atoms. The summed E-state index contributed by atoms with van der Waals surface area (Å²) < 4.78 is 1.24. The number of halogens is 1. The molecule has 3 aromatic rings. The molecule has 0 N–H and O–H groups in total. The minimum Gasteiger partial charge on any atom is -0.241 e. The van der Waals surface area contributed by atoms with Crippen LogP contribution >= 0.6 is 22.9 Å². The van der Waals surface area contributed by atoms with Gasteiger partial charge in [0.25, 0.3) is 0 Å². The zero-order valence-corrected chi connectivity index (χ0v) is 11.3. The van der Waals surface area contributed by atoms with Crippen molar-refractivity contribution in [3.63, 3.8) is 0 Å². The van der Waals surface area contributed by atoms with Gasteiger partial charge in [-0.1, -0.05) is 24.3 Å². The van der Waals surface area contributed by atoms with E-state index in [1.165, 1.54) is 21.0 Å². The average molecular weight is 262 g/mol. The fraction of sp³-hybridized carbons (Fsp3) is 0.214. The number of thiazole rings is 1. The largest absolute Gasteiger partial charge is 0.241 e. The van der Waals surface area contributed by atoms with Gasteiger partial charge in [0.05, 0.1) is 20.6 Å². The Morgan fingerprint density at radius 3 is 2.82 bits per heavy atom. The van der Waals surface area contributed by atoms with Gasteiger partial charge in [-0.3, -0.25) is 0 Å². The Bertz CT molecular complexity index is 700. The van der Waals surface area contributed by atoms with Crippen molar-refractivity contribution in [3.05, 3.63) is 40.9 Å². The highest BCUT2D eigenvalue weighted by Gasteiger charge is 2.12. The fourth-order valence-electron chi connectivity index (χ4n) is 2.23. The lowest BCUT2D eigenvalue weighted by Crippen LogP contribution is -1.88. The number of alkyl halides is 1. The van der Waals surface area contributed by atoms with Gasteiger partial charge in [0.15, 0.2) is 0 Å². The van der Waals surface area contributed by atoms with Crippen LogP contribution in [-0.2, 0) is 0 Å². The Morgan fingerprint density at radius 1 is 1.24 bits per heavy atom. The number of fused-ring (bicyclic) bond motifs is 3. The van der Waals surface area contributed by atoms with Crippen LogP contribution in [0.15, 0.2) is 30.3 Å². The first kappa shape index (κ1) is 11.0. The summed E-state index contributed by atoms with van der Waals surface area (Å²) in [5.74, 6) is 0. The molecule has 0 aliphatic rings. The monoisotopic (exact) mass is 261 g/mol. The molecule has 0 bridgehead atoms. The van der Waals surface area contributed by atoms with Gasteiger partial charge in [0.1, 0.15) is 0 Å². The predicted molar refractivity (Wildman–Crippen MR) is 76.1 cm³/mol. The predicted octanol–water partition coefficient (Wildman–Crippen LogP) is 5.06. The van der Waals surface area contributed by atoms with Gasteiger partial charge in [0, 0.05) is 5.39 Å². The van der Waals surface area contributed by atoms with Crippen LogP contribution < -0.4 is 0 Å². The second kappa shape index (κ2) is 3.97. The molecule has 1 heterocycles. The summed E-state index contributed by atoms with van der Waals surface area (Å²) in [5.41, 5.74) is 2.26. The second-order valence-corrected chi connectivity index (χ2v) is 6.10. The van der Waals surface area contributed by atoms with Crippen LogP contribution in [0.5, 0.6) is 0 Å². The molecule has 0 spiro atoms. The summed E-state index contributed by atoms with van der Waals surface area (Å²) >= 11 is 8.00. The molecule has 0 aliphatic heterocycles. The molecule has 0 radical (unpaired) electrons. The lowest BCUT2D eigenvalue weighted by molar-refractivity contribution is 1.10. The standard InChI is InChI=1S/C14H12ClNS/c1-8(15)11-5-3-4-10-6-7-12-14(13(10)11)16-9(2)17-12/h3-8H,1-2H3. The van der Waals surface area contributed by atoms with E-state index in [-0.39, 0.29) is 5.38 Å². The molecule has 0 saturated carbocycles. The molecule has 1 atom stereocenters. The third-order valence-corrected chi connectivity index (χ3v) is 4.14. The van der Waals surface area contributed by atoms with E-state index in [9.17, 15) is 0 Å². The third kappa shape index (κ3) is 1.72. The van der Waals surface area contributed by atoms with E-state index in [2.05, 4.69) is 35.3 Å². The summed E-state index contributed by atoms with van der Waals surface area (Å²) in [5, 5.41) is 3.53. The maximum atomic E-state index is 6.26. The second-order valence-electron chi connectivity index (χ2n) is 4.21. The van der Waals surface area contributed by atoms with Crippen LogP contribution in [0.25, 0.3) is 21.0 Å². The van der Waals surface area contributed by atoms with Crippen molar-refractivity contribution in [1.82, 2.24) is 4.98 Å². The Balaban J connectivity index is 2.53. The highest BCUT2D eigenvalue weighted by Crippen LogP contribution is 2.35. The minimum absolute atomic E-state index is 0.00584. The summed E-state index contributed by atoms with van der Waals surface area (Å²) in [6, 6.07) is 10.6. The van der Waals surface area contributed by atoms with Crippen molar-refractivity contribution in [2.45, 2.75) is 19.2 Å². The van der Waals surface area contributed by atoms with E-state index in [0.717, 1.165) is 10.5 Å². The molecule has 3 heteroatoms. The van der Waals surface area contributed by atoms with E-state index < -0.39 is 0 Å². The molecule has 0 fully saturated rings. The van der Waals surface area contributed by atoms with Gasteiger partial charge in [0.2, 0.25) is 0 Å². The third-order valence-electron chi connectivity index (χ3n) is 2.97. The van der Waals surface area contributed by atoms with Crippen molar-refractivity contribution in [2.75, 3.05) is 0 Å². The fourth-order valence-corrected chi connectivity index (χ4v) is 3.25. The van der Waals surface area contributed by atoms with E-state index in [1.54, 1.807) is 11.3 Å². The van der Waals surface area contributed by atoms with E-state index >= 15 is 0 Å². The number of nitrogens with zero attached hydrogens (tertiary/aromatic N) is 1. The molecule has 86 valence electrons. The number of benzene rings is 2. The first-order chi connectivity index (χ1) is 8.16. The highest BCUT2D eigenvalue weighted by molar-refractivity contribution is 7.18. The molecule has 0 saturated heterocycles. The molecule has 3 rings (SSSR count). The summed E-state index contributed by atoms with van der Waals surface area (Å²) in [6.45, 7) is 4.05. The van der Waals surface area contributed by atoms with E-state index in [0.29, 0.717) is 0 Å². The number of rotatable bonds is 1. The van der Waals surface area contributed by atoms with Gasteiger partial charge in [-0.25, -0.2) is 4.98 Å². The molecule has 1 aromatic heterocycles. The molecule has 1 unspecified atom stereocenters. The average Bonchev–Trinajstić information content (AvgIpc) is 2.68. The lowest BCUT2D eigenvalue weighted by atomic mass is 10.0. The molecule has 0 aliphatic carbocycles. The van der Waals surface area contributed by atoms with E-state index in [4.69, 9.17) is 11.6 Å².